The molecule has 3 amide bonds. The highest BCUT2D eigenvalue weighted by atomic mass is 16.4. The highest BCUT2D eigenvalue weighted by Crippen LogP contribution is 2.25. The third-order valence-corrected chi connectivity index (χ3v) is 6.52. The van der Waals surface area contributed by atoms with Crippen molar-refractivity contribution in [1.29, 1.82) is 0 Å². The van der Waals surface area contributed by atoms with E-state index in [9.17, 15) is 14.4 Å². The van der Waals surface area contributed by atoms with Crippen molar-refractivity contribution in [3.8, 4) is 0 Å². The molecule has 1 fully saturated rings. The number of fused-ring (bicyclic) bond motifs is 1. The van der Waals surface area contributed by atoms with E-state index in [0.717, 1.165) is 21.9 Å². The zero-order chi connectivity index (χ0) is 24.2. The molecule has 7 heteroatoms. The number of benzene rings is 3. The predicted molar refractivity (Wildman–Crippen MR) is 132 cm³/mol. The molecule has 7 nitrogen and oxygen atoms in total. The number of nitrogens with one attached hydrogen (secondary N) is 2. The number of likely N-dealkylation sites (tertiary alicyclic amines) is 1. The highest BCUT2D eigenvalue weighted by molar-refractivity contribution is 5.99. The van der Waals surface area contributed by atoms with Crippen LogP contribution >= 0.6 is 0 Å². The van der Waals surface area contributed by atoms with Gasteiger partial charge in [0.1, 0.15) is 0 Å². The number of anilines is 1. The second-order valence-corrected chi connectivity index (χ2v) is 8.83. The van der Waals surface area contributed by atoms with Gasteiger partial charge in [-0.05, 0) is 60.7 Å². The van der Waals surface area contributed by atoms with Crippen molar-refractivity contribution < 1.29 is 19.5 Å². The van der Waals surface area contributed by atoms with Crippen LogP contribution < -0.4 is 10.6 Å². The van der Waals surface area contributed by atoms with Crippen LogP contribution in [0.4, 0.5) is 10.5 Å². The van der Waals surface area contributed by atoms with Gasteiger partial charge < -0.3 is 20.6 Å². The van der Waals surface area contributed by atoms with Crippen molar-refractivity contribution in [2.24, 2.45) is 5.92 Å². The Morgan fingerprint density at radius 3 is 2.44 bits per heavy atom. The molecule has 1 heterocycles. The fourth-order valence-electron chi connectivity index (χ4n) is 4.50. The molecule has 0 spiro atoms. The Kier molecular flexibility index (Phi) is 6.82. The molecule has 3 aromatic rings. The van der Waals surface area contributed by atoms with Gasteiger partial charge in [0.15, 0.2) is 0 Å². The second-order valence-electron chi connectivity index (χ2n) is 8.83. The average molecular weight is 460 g/mol. The molecular weight excluding hydrogens is 430 g/mol. The highest BCUT2D eigenvalue weighted by Gasteiger charge is 2.27. The van der Waals surface area contributed by atoms with Crippen molar-refractivity contribution in [2.45, 2.75) is 32.7 Å². The van der Waals surface area contributed by atoms with E-state index < -0.39 is 6.09 Å². The van der Waals surface area contributed by atoms with Crippen molar-refractivity contribution in [3.63, 3.8) is 0 Å². The summed E-state index contributed by atoms with van der Waals surface area (Å²) in [6.07, 6.45) is 0.0190. The maximum atomic E-state index is 13.1. The molecule has 3 aromatic carbocycles. The van der Waals surface area contributed by atoms with E-state index in [2.05, 4.69) is 28.8 Å². The van der Waals surface area contributed by atoms with Crippen LogP contribution in [-0.4, -0.2) is 41.0 Å². The average Bonchev–Trinajstić information content (AvgIpc) is 2.84. The number of hydrogen-bond donors (Lipinski definition) is 3. The standard InChI is InChI=1S/C27H29N3O4/c1-17-10-11-21(29-25(31)20-12-14-30(15-13-20)27(33)34)16-24(17)26(32)28-18(2)22-9-5-7-19-6-3-4-8-23(19)22/h3-11,16,18,20H,12-15H2,1-2H3,(H,28,32)(H,29,31)(H,33,34)/t18-/m1/s1. The number of nitrogens with zero attached hydrogens (tertiary/aromatic N) is 1. The van der Waals surface area contributed by atoms with E-state index >= 15 is 0 Å². The van der Waals surface area contributed by atoms with Crippen LogP contribution in [0.5, 0.6) is 0 Å². The fourth-order valence-corrected chi connectivity index (χ4v) is 4.50. The van der Waals surface area contributed by atoms with Crippen LogP contribution in [0.1, 0.15) is 47.3 Å². The minimum absolute atomic E-state index is 0.149. The Morgan fingerprint density at radius 1 is 1.00 bits per heavy atom. The van der Waals surface area contributed by atoms with Crippen LogP contribution in [0.3, 0.4) is 0 Å². The molecule has 1 saturated heterocycles. The maximum Gasteiger partial charge on any atom is 0.407 e. The molecule has 0 aliphatic carbocycles. The summed E-state index contributed by atoms with van der Waals surface area (Å²) in [5.41, 5.74) is 2.92. The largest absolute Gasteiger partial charge is 0.465 e. The molecule has 34 heavy (non-hydrogen) atoms. The number of carboxylic acid groups (broad SMARTS) is 1. The SMILES string of the molecule is Cc1ccc(NC(=O)C2CCN(C(=O)O)CC2)cc1C(=O)N[C@H](C)c1cccc2ccccc12. The lowest BCUT2D eigenvalue weighted by Gasteiger charge is -2.29. The van der Waals surface area contributed by atoms with E-state index in [1.807, 2.05) is 44.2 Å². The summed E-state index contributed by atoms with van der Waals surface area (Å²) >= 11 is 0. The van der Waals surface area contributed by atoms with Crippen LogP contribution in [0, 0.1) is 12.8 Å². The molecule has 1 atom stereocenters. The first-order valence-corrected chi connectivity index (χ1v) is 11.5. The lowest BCUT2D eigenvalue weighted by atomic mass is 9.96. The summed E-state index contributed by atoms with van der Waals surface area (Å²) in [4.78, 5) is 38.3. The molecule has 0 unspecified atom stereocenters. The van der Waals surface area contributed by atoms with Crippen LogP contribution in [0.15, 0.2) is 60.7 Å². The Hall–Kier alpha value is -3.87. The van der Waals surface area contributed by atoms with Crippen molar-refractivity contribution in [2.75, 3.05) is 18.4 Å². The van der Waals surface area contributed by atoms with Gasteiger partial charge in [-0.3, -0.25) is 9.59 Å². The zero-order valence-electron chi connectivity index (χ0n) is 19.4. The van der Waals surface area contributed by atoms with Gasteiger partial charge in [-0.1, -0.05) is 48.5 Å². The monoisotopic (exact) mass is 459 g/mol. The van der Waals surface area contributed by atoms with Gasteiger partial charge in [0.05, 0.1) is 6.04 Å². The number of hydrogen-bond acceptors (Lipinski definition) is 3. The molecular formula is C27H29N3O4. The van der Waals surface area contributed by atoms with Crippen molar-refractivity contribution >= 4 is 34.4 Å². The summed E-state index contributed by atoms with van der Waals surface area (Å²) in [5, 5.41) is 17.3. The predicted octanol–water partition coefficient (Wildman–Crippen LogP) is 4.97. The summed E-state index contributed by atoms with van der Waals surface area (Å²) < 4.78 is 0. The lowest BCUT2D eigenvalue weighted by Crippen LogP contribution is -2.40. The molecule has 1 aliphatic heterocycles. The second kappa shape index (κ2) is 9.95. The third kappa shape index (κ3) is 5.03. The van der Waals surface area contributed by atoms with Crippen LogP contribution in [-0.2, 0) is 4.79 Å². The van der Waals surface area contributed by atoms with E-state index in [1.165, 1.54) is 4.90 Å². The Bertz CT molecular complexity index is 1230. The lowest BCUT2D eigenvalue weighted by molar-refractivity contribution is -0.121. The van der Waals surface area contributed by atoms with E-state index in [0.29, 0.717) is 37.2 Å². The number of piperidine rings is 1. The Balaban J connectivity index is 1.45. The van der Waals surface area contributed by atoms with Gasteiger partial charge in [0.25, 0.3) is 5.91 Å². The number of carbonyl (C=O) groups excluding carboxylic acids is 2. The normalized spacial score (nSPS) is 15.1. The summed E-state index contributed by atoms with van der Waals surface area (Å²) in [5.74, 6) is -0.603. The van der Waals surface area contributed by atoms with Crippen LogP contribution in [0.25, 0.3) is 10.8 Å². The van der Waals surface area contributed by atoms with E-state index in [4.69, 9.17) is 5.11 Å². The summed E-state index contributed by atoms with van der Waals surface area (Å²) in [6, 6.07) is 19.2. The van der Waals surface area contributed by atoms with Crippen molar-refractivity contribution in [1.82, 2.24) is 10.2 Å². The summed E-state index contributed by atoms with van der Waals surface area (Å²) in [6.45, 7) is 4.52. The smallest absolute Gasteiger partial charge is 0.407 e. The maximum absolute atomic E-state index is 13.1. The molecule has 0 bridgehead atoms. The first kappa shape index (κ1) is 23.3. The fraction of sp³-hybridized carbons (Fsp3) is 0.296. The molecule has 0 radical (unpaired) electrons. The van der Waals surface area contributed by atoms with Gasteiger partial charge >= 0.3 is 6.09 Å². The van der Waals surface area contributed by atoms with Gasteiger partial charge in [0, 0.05) is 30.3 Å². The van der Waals surface area contributed by atoms with Gasteiger partial charge in [-0.2, -0.15) is 0 Å². The van der Waals surface area contributed by atoms with Gasteiger partial charge in [-0.25, -0.2) is 4.79 Å². The topological polar surface area (TPSA) is 98.7 Å². The molecule has 0 aromatic heterocycles. The van der Waals surface area contributed by atoms with Gasteiger partial charge in [0.2, 0.25) is 5.91 Å². The quantitative estimate of drug-likeness (QED) is 0.502. The molecule has 176 valence electrons. The van der Waals surface area contributed by atoms with E-state index in [1.54, 1.807) is 12.1 Å². The number of carbonyl (C=O) groups is 3. The molecule has 1 aliphatic rings. The van der Waals surface area contributed by atoms with E-state index in [-0.39, 0.29) is 23.8 Å². The Labute approximate surface area is 198 Å². The van der Waals surface area contributed by atoms with Gasteiger partial charge in [-0.15, -0.1) is 0 Å². The molecule has 4 rings (SSSR count). The number of aryl methyl sites for hydroxylation is 1. The number of rotatable bonds is 5. The third-order valence-electron chi connectivity index (χ3n) is 6.52. The van der Waals surface area contributed by atoms with Crippen molar-refractivity contribution in [3.05, 3.63) is 77.4 Å². The molecule has 3 N–H and O–H groups in total. The molecule has 0 saturated carbocycles. The minimum Gasteiger partial charge on any atom is -0.465 e. The van der Waals surface area contributed by atoms with Crippen LogP contribution in [0.2, 0.25) is 0 Å². The Morgan fingerprint density at radius 2 is 1.71 bits per heavy atom. The summed E-state index contributed by atoms with van der Waals surface area (Å²) in [7, 11) is 0. The zero-order valence-corrected chi connectivity index (χ0v) is 19.4. The minimum atomic E-state index is -0.953. The number of amides is 3. The first-order valence-electron chi connectivity index (χ1n) is 11.5. The first-order chi connectivity index (χ1) is 16.3.